The van der Waals surface area contributed by atoms with Crippen molar-refractivity contribution in [1.82, 2.24) is 4.68 Å². The molecular weight excluding hydrogens is 444 g/mol. The first kappa shape index (κ1) is 25.7. The van der Waals surface area contributed by atoms with Gasteiger partial charge in [0.1, 0.15) is 5.60 Å². The molecule has 1 aromatic heterocycles. The van der Waals surface area contributed by atoms with Crippen LogP contribution in [0.4, 0.5) is 4.79 Å². The van der Waals surface area contributed by atoms with E-state index >= 15 is 0 Å². The van der Waals surface area contributed by atoms with Crippen molar-refractivity contribution in [2.75, 3.05) is 12.5 Å². The second-order valence-electron chi connectivity index (χ2n) is 9.22. The molecule has 0 saturated carbocycles. The van der Waals surface area contributed by atoms with E-state index in [1.807, 2.05) is 49.4 Å². The van der Waals surface area contributed by atoms with Crippen LogP contribution in [0, 0.1) is 6.92 Å². The van der Waals surface area contributed by atoms with Gasteiger partial charge in [-0.25, -0.2) is 15.0 Å². The molecule has 0 spiro atoms. The molecule has 0 aliphatic carbocycles. The fourth-order valence-corrected chi connectivity index (χ4v) is 4.07. The Morgan fingerprint density at radius 2 is 1.57 bits per heavy atom. The number of ketones is 1. The lowest BCUT2D eigenvalue weighted by atomic mass is 9.92. The molecule has 0 bridgehead atoms. The van der Waals surface area contributed by atoms with E-state index in [0.29, 0.717) is 29.8 Å². The summed E-state index contributed by atoms with van der Waals surface area (Å²) in [5.41, 5.74) is 5.60. The smallest absolute Gasteiger partial charge is 0.426 e. The quantitative estimate of drug-likeness (QED) is 0.362. The predicted molar refractivity (Wildman–Crippen MR) is 135 cm³/mol. The van der Waals surface area contributed by atoms with Crippen LogP contribution in [0.25, 0.3) is 0 Å². The minimum Gasteiger partial charge on any atom is -0.465 e. The summed E-state index contributed by atoms with van der Waals surface area (Å²) in [4.78, 5) is 39.4. The van der Waals surface area contributed by atoms with Crippen LogP contribution >= 0.6 is 0 Å². The first-order chi connectivity index (χ1) is 16.6. The van der Waals surface area contributed by atoms with E-state index < -0.39 is 17.7 Å². The zero-order valence-corrected chi connectivity index (χ0v) is 21.1. The molecule has 3 aromatic rings. The molecule has 0 atom stereocenters. The van der Waals surface area contributed by atoms with E-state index in [1.165, 1.54) is 11.8 Å². The van der Waals surface area contributed by atoms with Crippen LogP contribution in [0.2, 0.25) is 0 Å². The third-order valence-electron chi connectivity index (χ3n) is 5.56. The van der Waals surface area contributed by atoms with Crippen molar-refractivity contribution < 1.29 is 23.9 Å². The van der Waals surface area contributed by atoms with Gasteiger partial charge in [0.2, 0.25) is 0 Å². The summed E-state index contributed by atoms with van der Waals surface area (Å²) in [6.07, 6.45) is 0.258. The minimum atomic E-state index is -0.711. The Balaban J connectivity index is 2.13. The molecular formula is C28H32N2O5. The number of aromatic nitrogens is 1. The summed E-state index contributed by atoms with van der Waals surface area (Å²) in [6.45, 7) is 8.79. The van der Waals surface area contributed by atoms with Crippen molar-refractivity contribution in [2.45, 2.75) is 53.1 Å². The normalized spacial score (nSPS) is 11.1. The number of nitrogens with one attached hydrogen (secondary N) is 1. The van der Waals surface area contributed by atoms with Crippen molar-refractivity contribution in [1.29, 1.82) is 0 Å². The summed E-state index contributed by atoms with van der Waals surface area (Å²) in [6, 6.07) is 17.2. The zero-order chi connectivity index (χ0) is 25.8. The molecule has 0 aliphatic heterocycles. The Morgan fingerprint density at radius 1 is 0.943 bits per heavy atom. The molecule has 0 radical (unpaired) electrons. The van der Waals surface area contributed by atoms with Gasteiger partial charge < -0.3 is 9.47 Å². The molecule has 2 aromatic carbocycles. The number of methoxy groups -OCH3 is 1. The van der Waals surface area contributed by atoms with E-state index in [-0.39, 0.29) is 16.9 Å². The number of benzene rings is 2. The van der Waals surface area contributed by atoms with Gasteiger partial charge >= 0.3 is 12.1 Å². The molecule has 1 heterocycles. The predicted octanol–water partition coefficient (Wildman–Crippen LogP) is 5.45. The van der Waals surface area contributed by atoms with E-state index in [1.54, 1.807) is 39.8 Å². The number of carbonyl (C=O) groups excluding carboxylic acids is 3. The van der Waals surface area contributed by atoms with Gasteiger partial charge in [0, 0.05) is 5.56 Å². The second kappa shape index (κ2) is 10.6. The highest BCUT2D eigenvalue weighted by molar-refractivity contribution is 6.16. The Kier molecular flexibility index (Phi) is 7.79. The monoisotopic (exact) mass is 476 g/mol. The maximum absolute atomic E-state index is 14.0. The van der Waals surface area contributed by atoms with Crippen molar-refractivity contribution in [2.24, 2.45) is 0 Å². The number of hydrogen-bond donors (Lipinski definition) is 1. The first-order valence-electron chi connectivity index (χ1n) is 11.6. The molecule has 0 unspecified atom stereocenters. The lowest BCUT2D eigenvalue weighted by Crippen LogP contribution is -2.33. The van der Waals surface area contributed by atoms with Crippen LogP contribution in [0.15, 0.2) is 54.6 Å². The molecule has 1 amide bonds. The third kappa shape index (κ3) is 5.80. The number of ether oxygens (including phenoxy) is 2. The highest BCUT2D eigenvalue weighted by atomic mass is 16.6. The van der Waals surface area contributed by atoms with E-state index in [0.717, 1.165) is 11.1 Å². The molecule has 7 nitrogen and oxygen atoms in total. The van der Waals surface area contributed by atoms with Crippen LogP contribution in [-0.2, 0) is 22.3 Å². The van der Waals surface area contributed by atoms with Gasteiger partial charge in [0.25, 0.3) is 0 Å². The minimum absolute atomic E-state index is 0.125. The lowest BCUT2D eigenvalue weighted by Gasteiger charge is -2.21. The van der Waals surface area contributed by atoms with Crippen LogP contribution in [0.3, 0.4) is 0 Å². The highest BCUT2D eigenvalue weighted by Crippen LogP contribution is 2.28. The molecule has 0 fully saturated rings. The number of rotatable bonds is 7. The van der Waals surface area contributed by atoms with Crippen molar-refractivity contribution >= 4 is 17.8 Å². The maximum Gasteiger partial charge on any atom is 0.426 e. The fraction of sp³-hybridized carbons (Fsp3) is 0.321. The Morgan fingerprint density at radius 3 is 2.17 bits per heavy atom. The number of amides is 1. The second-order valence-corrected chi connectivity index (χ2v) is 9.22. The molecule has 3 rings (SSSR count). The van der Waals surface area contributed by atoms with Crippen LogP contribution in [-0.4, -0.2) is 35.2 Å². The zero-order valence-electron chi connectivity index (χ0n) is 21.1. The van der Waals surface area contributed by atoms with Gasteiger partial charge in [0.05, 0.1) is 29.6 Å². The lowest BCUT2D eigenvalue weighted by molar-refractivity contribution is 0.0587. The summed E-state index contributed by atoms with van der Waals surface area (Å²) in [7, 11) is 1.27. The summed E-state index contributed by atoms with van der Waals surface area (Å²) in [5.74, 6) is -0.951. The average Bonchev–Trinajstić information content (AvgIpc) is 3.09. The van der Waals surface area contributed by atoms with Crippen molar-refractivity contribution in [3.63, 3.8) is 0 Å². The summed E-state index contributed by atoms with van der Waals surface area (Å²) in [5, 5.41) is 0. The van der Waals surface area contributed by atoms with Gasteiger partial charge in [-0.3, -0.25) is 9.47 Å². The van der Waals surface area contributed by atoms with E-state index in [2.05, 4.69) is 5.43 Å². The largest absolute Gasteiger partial charge is 0.465 e. The Hall–Kier alpha value is -3.87. The number of hydrogen-bond acceptors (Lipinski definition) is 5. The van der Waals surface area contributed by atoms with Crippen LogP contribution in [0.1, 0.15) is 76.5 Å². The highest BCUT2D eigenvalue weighted by Gasteiger charge is 2.32. The SMILES string of the molecule is CCc1c(C(=O)c2ccccc2Cc2ccccc2)c(C(=O)OC)c(C)n1NC(=O)OC(C)(C)C. The Bertz CT molecular complexity index is 1240. The van der Waals surface area contributed by atoms with Gasteiger partial charge in [-0.2, -0.15) is 0 Å². The fourth-order valence-electron chi connectivity index (χ4n) is 4.07. The molecule has 184 valence electrons. The van der Waals surface area contributed by atoms with Crippen LogP contribution in [0.5, 0.6) is 0 Å². The van der Waals surface area contributed by atoms with Crippen molar-refractivity contribution in [3.8, 4) is 0 Å². The Labute approximate surface area is 206 Å². The molecule has 0 aliphatic rings. The molecule has 1 N–H and O–H groups in total. The average molecular weight is 477 g/mol. The number of carbonyl (C=O) groups is 3. The van der Waals surface area contributed by atoms with Crippen molar-refractivity contribution in [3.05, 3.63) is 93.8 Å². The standard InChI is InChI=1S/C28H32N2O5/c1-7-22-24(23(26(32)34-6)18(2)30(22)29-27(33)35-28(3,4)5)25(31)21-16-12-11-15-20(21)17-19-13-9-8-10-14-19/h8-16H,7,17H2,1-6H3,(H,29,33). The number of nitrogens with zero attached hydrogens (tertiary/aromatic N) is 1. The van der Waals surface area contributed by atoms with Crippen LogP contribution < -0.4 is 5.43 Å². The van der Waals surface area contributed by atoms with Gasteiger partial charge in [-0.1, -0.05) is 61.5 Å². The van der Waals surface area contributed by atoms with E-state index in [4.69, 9.17) is 9.47 Å². The van der Waals surface area contributed by atoms with Gasteiger partial charge in [-0.05, 0) is 51.7 Å². The molecule has 35 heavy (non-hydrogen) atoms. The molecule has 0 saturated heterocycles. The summed E-state index contributed by atoms with van der Waals surface area (Å²) >= 11 is 0. The first-order valence-corrected chi connectivity index (χ1v) is 11.6. The molecule has 7 heteroatoms. The number of esters is 1. The summed E-state index contributed by atoms with van der Waals surface area (Å²) < 4.78 is 11.9. The van der Waals surface area contributed by atoms with Gasteiger partial charge in [0.15, 0.2) is 5.78 Å². The third-order valence-corrected chi connectivity index (χ3v) is 5.56. The van der Waals surface area contributed by atoms with E-state index in [9.17, 15) is 14.4 Å². The topological polar surface area (TPSA) is 86.6 Å². The maximum atomic E-state index is 14.0. The van der Waals surface area contributed by atoms with Gasteiger partial charge in [-0.15, -0.1) is 0 Å².